The molecule has 174 valence electrons. The van der Waals surface area contributed by atoms with Gasteiger partial charge >= 0.3 is 18.3 Å². The number of rotatable bonds is 5. The van der Waals surface area contributed by atoms with Crippen molar-refractivity contribution in [3.8, 4) is 0 Å². The Hall–Kier alpha value is -2.40. The summed E-state index contributed by atoms with van der Waals surface area (Å²) in [6.07, 6.45) is -14.0. The second-order valence-corrected chi connectivity index (χ2v) is 7.09. The molecule has 0 aliphatic carbocycles. The Kier molecular flexibility index (Phi) is 7.45. The van der Waals surface area contributed by atoms with Gasteiger partial charge in [-0.3, -0.25) is 0 Å². The Labute approximate surface area is 183 Å². The number of benzene rings is 2. The molecule has 1 N–H and O–H groups in total. The molecule has 0 saturated carbocycles. The van der Waals surface area contributed by atoms with Gasteiger partial charge < -0.3 is 5.11 Å². The number of hydrogen-bond donors (Lipinski definition) is 1. The van der Waals surface area contributed by atoms with Crippen LogP contribution in [0.1, 0.15) is 45.0 Å². The molecule has 0 spiro atoms. The van der Waals surface area contributed by atoms with E-state index in [4.69, 9.17) is 28.3 Å². The van der Waals surface area contributed by atoms with Gasteiger partial charge in [0.2, 0.25) is 0 Å². The van der Waals surface area contributed by atoms with Crippen LogP contribution in [0.3, 0.4) is 0 Å². The third kappa shape index (κ3) is 5.69. The minimum atomic E-state index is -5.26. The number of carboxylic acid groups (broad SMARTS) is 1. The van der Waals surface area contributed by atoms with Gasteiger partial charge in [0, 0.05) is 11.1 Å². The first-order valence-corrected chi connectivity index (χ1v) is 8.95. The lowest BCUT2D eigenvalue weighted by Crippen LogP contribution is -2.19. The van der Waals surface area contributed by atoms with Crippen LogP contribution in [-0.2, 0) is 6.18 Å². The molecule has 0 aromatic heterocycles. The maximum Gasteiger partial charge on any atom is 0.417 e. The molecule has 0 aliphatic heterocycles. The zero-order chi connectivity index (χ0) is 24.6. The molecule has 2 aromatic carbocycles. The third-order valence-electron chi connectivity index (χ3n) is 4.17. The van der Waals surface area contributed by atoms with Gasteiger partial charge in [0.25, 0.3) is 6.43 Å². The van der Waals surface area contributed by atoms with Crippen molar-refractivity contribution in [3.05, 3.63) is 74.3 Å². The fraction of sp³-hybridized carbons (Fsp3) is 0.211. The van der Waals surface area contributed by atoms with Gasteiger partial charge in [-0.05, 0) is 35.9 Å². The highest BCUT2D eigenvalue weighted by Crippen LogP contribution is 2.43. The molecule has 2 aromatic rings. The molecule has 0 saturated heterocycles. The van der Waals surface area contributed by atoms with Gasteiger partial charge in [0.15, 0.2) is 0 Å². The van der Waals surface area contributed by atoms with E-state index >= 15 is 0 Å². The third-order valence-corrected chi connectivity index (χ3v) is 4.99. The fourth-order valence-electron chi connectivity index (χ4n) is 2.71. The van der Waals surface area contributed by atoms with Crippen molar-refractivity contribution in [2.45, 2.75) is 24.7 Å². The van der Waals surface area contributed by atoms with Gasteiger partial charge in [-0.25, -0.2) is 18.0 Å². The molecule has 32 heavy (non-hydrogen) atoms. The predicted octanol–water partition coefficient (Wildman–Crippen LogP) is 8.30. The second kappa shape index (κ2) is 9.22. The Morgan fingerprint density at radius 1 is 1.00 bits per heavy atom. The van der Waals surface area contributed by atoms with Crippen LogP contribution in [0.4, 0.5) is 39.5 Å². The molecule has 1 atom stereocenters. The molecule has 0 amide bonds. The van der Waals surface area contributed by atoms with Crippen molar-refractivity contribution in [2.75, 3.05) is 0 Å². The van der Waals surface area contributed by atoms with Gasteiger partial charge in [-0.2, -0.15) is 26.3 Å². The average molecular weight is 511 g/mol. The van der Waals surface area contributed by atoms with Crippen LogP contribution in [0.2, 0.25) is 10.0 Å². The number of hydrogen-bond acceptors (Lipinski definition) is 1. The van der Waals surface area contributed by atoms with Crippen molar-refractivity contribution >= 4 is 35.0 Å². The summed E-state index contributed by atoms with van der Waals surface area (Å²) in [5.74, 6) is -6.68. The van der Waals surface area contributed by atoms with Crippen LogP contribution in [0.15, 0.2) is 36.4 Å². The van der Waals surface area contributed by atoms with Gasteiger partial charge in [-0.1, -0.05) is 29.3 Å². The summed E-state index contributed by atoms with van der Waals surface area (Å²) in [6.45, 7) is 0. The number of carbonyl (C=O) groups is 1. The first-order chi connectivity index (χ1) is 14.5. The number of carboxylic acids is 1. The fourth-order valence-corrected chi connectivity index (χ4v) is 3.13. The van der Waals surface area contributed by atoms with E-state index in [-0.39, 0.29) is 12.1 Å². The first kappa shape index (κ1) is 25.9. The van der Waals surface area contributed by atoms with Gasteiger partial charge in [0.05, 0.1) is 21.2 Å². The predicted molar refractivity (Wildman–Crippen MR) is 97.7 cm³/mol. The molecular formula is C19H9Cl2F9O2. The van der Waals surface area contributed by atoms with Crippen LogP contribution >= 0.6 is 23.2 Å². The van der Waals surface area contributed by atoms with E-state index in [1.54, 1.807) is 0 Å². The zero-order valence-corrected chi connectivity index (χ0v) is 16.6. The molecule has 1 unspecified atom stereocenters. The number of halogens is 11. The minimum Gasteiger partial charge on any atom is -0.478 e. The molecular weight excluding hydrogens is 502 g/mol. The average Bonchev–Trinajstić information content (AvgIpc) is 2.65. The lowest BCUT2D eigenvalue weighted by molar-refractivity contribution is -0.140. The zero-order valence-electron chi connectivity index (χ0n) is 15.1. The normalized spacial score (nSPS) is 14.1. The highest BCUT2D eigenvalue weighted by atomic mass is 35.5. The summed E-state index contributed by atoms with van der Waals surface area (Å²) >= 11 is 11.1. The van der Waals surface area contributed by atoms with E-state index in [1.807, 2.05) is 0 Å². The second-order valence-electron chi connectivity index (χ2n) is 6.30. The summed E-state index contributed by atoms with van der Waals surface area (Å²) in [6, 6.07) is 1.88. The summed E-state index contributed by atoms with van der Waals surface area (Å²) in [5, 5.41) is 7.45. The van der Waals surface area contributed by atoms with E-state index in [1.165, 1.54) is 0 Å². The maximum atomic E-state index is 14.6. The lowest BCUT2D eigenvalue weighted by atomic mass is 9.94. The van der Waals surface area contributed by atoms with Gasteiger partial charge in [0.1, 0.15) is 11.7 Å². The quantitative estimate of drug-likeness (QED) is 0.410. The number of aromatic carboxylic acids is 1. The van der Waals surface area contributed by atoms with Crippen molar-refractivity contribution in [2.24, 2.45) is 0 Å². The molecule has 2 rings (SSSR count). The topological polar surface area (TPSA) is 37.3 Å². The van der Waals surface area contributed by atoms with Crippen LogP contribution in [0, 0.1) is 0 Å². The van der Waals surface area contributed by atoms with Crippen molar-refractivity contribution in [1.82, 2.24) is 0 Å². The summed E-state index contributed by atoms with van der Waals surface area (Å²) in [7, 11) is 0. The summed E-state index contributed by atoms with van der Waals surface area (Å²) in [5.41, 5.74) is -6.03. The van der Waals surface area contributed by atoms with E-state index in [0.717, 1.165) is 0 Å². The van der Waals surface area contributed by atoms with Crippen LogP contribution in [0.25, 0.3) is 5.83 Å². The van der Waals surface area contributed by atoms with Crippen molar-refractivity contribution in [3.63, 3.8) is 0 Å². The monoisotopic (exact) mass is 510 g/mol. The molecule has 2 nitrogen and oxygen atoms in total. The molecule has 0 aliphatic rings. The van der Waals surface area contributed by atoms with E-state index < -0.39 is 74.4 Å². The Morgan fingerprint density at radius 2 is 1.59 bits per heavy atom. The van der Waals surface area contributed by atoms with Crippen LogP contribution < -0.4 is 0 Å². The molecule has 0 bridgehead atoms. The highest BCUT2D eigenvalue weighted by Gasteiger charge is 2.41. The van der Waals surface area contributed by atoms with E-state index in [0.29, 0.717) is 24.3 Å². The van der Waals surface area contributed by atoms with Crippen LogP contribution in [-0.4, -0.2) is 17.3 Å². The molecule has 13 heteroatoms. The van der Waals surface area contributed by atoms with E-state index in [9.17, 15) is 44.3 Å². The van der Waals surface area contributed by atoms with Crippen molar-refractivity contribution in [1.29, 1.82) is 0 Å². The van der Waals surface area contributed by atoms with Crippen molar-refractivity contribution < 1.29 is 49.4 Å². The summed E-state index contributed by atoms with van der Waals surface area (Å²) < 4.78 is 121. The molecule has 0 heterocycles. The molecule has 0 radical (unpaired) electrons. The Balaban J connectivity index is 2.66. The number of allylic oxidation sites excluding steroid dienone is 1. The Bertz CT molecular complexity index is 1060. The highest BCUT2D eigenvalue weighted by molar-refractivity contribution is 6.42. The maximum absolute atomic E-state index is 14.6. The largest absolute Gasteiger partial charge is 0.478 e. The van der Waals surface area contributed by atoms with Gasteiger partial charge in [-0.15, -0.1) is 0 Å². The summed E-state index contributed by atoms with van der Waals surface area (Å²) in [4.78, 5) is 10.9. The lowest BCUT2D eigenvalue weighted by Gasteiger charge is -2.20. The number of alkyl halides is 8. The standard InChI is InChI=1S/C19H9Cl2F9O2/c20-13-5-8(3-10(15(13)21)16(23)24)11(18(25,26)27)6-14(22)7-1-2-9(17(31)32)12(4-7)19(28,29)30/h1-6,11,16H,(H,31,32). The van der Waals surface area contributed by atoms with Crippen LogP contribution in [0.5, 0.6) is 0 Å². The minimum absolute atomic E-state index is 0.0299. The Morgan fingerprint density at radius 3 is 2.06 bits per heavy atom. The van der Waals surface area contributed by atoms with E-state index in [2.05, 4.69) is 0 Å². The smallest absolute Gasteiger partial charge is 0.417 e. The SMILES string of the molecule is O=C(O)c1ccc(C(F)=CC(c2cc(Cl)c(Cl)c(C(F)F)c2)C(F)(F)F)cc1C(F)(F)F. The molecule has 0 fully saturated rings. The first-order valence-electron chi connectivity index (χ1n) is 8.20.